The SMILES string of the molecule is O=C(CCn1ncc2cc(Cl)ccc21)Nc1ccc(Oc2ccccc2)cc1. The maximum absolute atomic E-state index is 12.3. The van der Waals surface area contributed by atoms with Crippen LogP contribution in [0.25, 0.3) is 10.9 Å². The summed E-state index contributed by atoms with van der Waals surface area (Å²) in [4.78, 5) is 12.3. The number of carbonyl (C=O) groups is 1. The Morgan fingerprint density at radius 2 is 1.75 bits per heavy atom. The molecule has 5 nitrogen and oxygen atoms in total. The van der Waals surface area contributed by atoms with Crippen molar-refractivity contribution < 1.29 is 9.53 Å². The summed E-state index contributed by atoms with van der Waals surface area (Å²) in [6, 6.07) is 22.4. The van der Waals surface area contributed by atoms with Gasteiger partial charge in [-0.2, -0.15) is 5.10 Å². The lowest BCUT2D eigenvalue weighted by Crippen LogP contribution is -2.14. The summed E-state index contributed by atoms with van der Waals surface area (Å²) in [5.74, 6) is 1.41. The Hall–Kier alpha value is -3.31. The van der Waals surface area contributed by atoms with Gasteiger partial charge in [-0.15, -0.1) is 0 Å². The largest absolute Gasteiger partial charge is 0.457 e. The number of hydrogen-bond donors (Lipinski definition) is 1. The normalized spacial score (nSPS) is 10.8. The third kappa shape index (κ3) is 4.32. The minimum absolute atomic E-state index is 0.0747. The molecule has 1 N–H and O–H groups in total. The van der Waals surface area contributed by atoms with Crippen LogP contribution in [0.15, 0.2) is 79.0 Å². The maximum atomic E-state index is 12.3. The van der Waals surface area contributed by atoms with E-state index >= 15 is 0 Å². The highest BCUT2D eigenvalue weighted by molar-refractivity contribution is 6.31. The number of nitrogens with one attached hydrogen (secondary N) is 1. The summed E-state index contributed by atoms with van der Waals surface area (Å²) in [6.45, 7) is 0.492. The number of amides is 1. The van der Waals surface area contributed by atoms with Crippen molar-refractivity contribution in [2.75, 3.05) is 5.32 Å². The minimum atomic E-state index is -0.0747. The van der Waals surface area contributed by atoms with Crippen molar-refractivity contribution >= 4 is 34.1 Å². The number of para-hydroxylation sites is 1. The van der Waals surface area contributed by atoms with Crippen molar-refractivity contribution in [3.05, 3.63) is 84.0 Å². The van der Waals surface area contributed by atoms with Gasteiger partial charge in [0.25, 0.3) is 0 Å². The minimum Gasteiger partial charge on any atom is -0.457 e. The molecule has 4 rings (SSSR count). The van der Waals surface area contributed by atoms with Crippen molar-refractivity contribution in [2.24, 2.45) is 0 Å². The number of hydrogen-bond acceptors (Lipinski definition) is 3. The molecule has 28 heavy (non-hydrogen) atoms. The lowest BCUT2D eigenvalue weighted by molar-refractivity contribution is -0.116. The van der Waals surface area contributed by atoms with Gasteiger partial charge in [0.1, 0.15) is 11.5 Å². The number of fused-ring (bicyclic) bond motifs is 1. The van der Waals surface area contributed by atoms with E-state index in [2.05, 4.69) is 10.4 Å². The summed E-state index contributed by atoms with van der Waals surface area (Å²) in [5.41, 5.74) is 1.68. The molecule has 0 saturated heterocycles. The second-order valence-corrected chi connectivity index (χ2v) is 6.74. The lowest BCUT2D eigenvalue weighted by Gasteiger charge is -2.08. The van der Waals surface area contributed by atoms with Gasteiger partial charge in [-0.1, -0.05) is 29.8 Å². The van der Waals surface area contributed by atoms with Crippen LogP contribution < -0.4 is 10.1 Å². The number of anilines is 1. The standard InChI is InChI=1S/C22H18ClN3O2/c23-17-6-11-21-16(14-17)15-24-26(21)13-12-22(27)25-18-7-9-20(10-8-18)28-19-4-2-1-3-5-19/h1-11,14-15H,12-13H2,(H,25,27). The molecular weight excluding hydrogens is 374 g/mol. The Labute approximate surface area is 167 Å². The fourth-order valence-corrected chi connectivity index (χ4v) is 3.08. The molecule has 0 bridgehead atoms. The third-order valence-electron chi connectivity index (χ3n) is 4.27. The number of halogens is 1. The van der Waals surface area contributed by atoms with E-state index in [-0.39, 0.29) is 5.91 Å². The Morgan fingerprint density at radius 1 is 1.00 bits per heavy atom. The third-order valence-corrected chi connectivity index (χ3v) is 4.51. The van der Waals surface area contributed by atoms with Gasteiger partial charge < -0.3 is 10.1 Å². The number of aromatic nitrogens is 2. The van der Waals surface area contributed by atoms with Crippen molar-refractivity contribution in [2.45, 2.75) is 13.0 Å². The highest BCUT2D eigenvalue weighted by Gasteiger charge is 2.07. The fraction of sp³-hybridized carbons (Fsp3) is 0.0909. The zero-order chi connectivity index (χ0) is 19.3. The monoisotopic (exact) mass is 391 g/mol. The van der Waals surface area contributed by atoms with Crippen molar-refractivity contribution in [3.8, 4) is 11.5 Å². The number of ether oxygens (including phenoxy) is 1. The molecular formula is C22H18ClN3O2. The van der Waals surface area contributed by atoms with Crippen LogP contribution in [0.5, 0.6) is 11.5 Å². The molecule has 1 amide bonds. The first kappa shape index (κ1) is 18.1. The summed E-state index contributed by atoms with van der Waals surface area (Å²) in [5, 5.41) is 8.86. The van der Waals surface area contributed by atoms with E-state index in [0.717, 1.165) is 22.3 Å². The van der Waals surface area contributed by atoms with Crippen molar-refractivity contribution in [3.63, 3.8) is 0 Å². The van der Waals surface area contributed by atoms with E-state index in [0.29, 0.717) is 23.7 Å². The molecule has 3 aromatic carbocycles. The Morgan fingerprint density at radius 3 is 2.54 bits per heavy atom. The van der Waals surface area contributed by atoms with Gasteiger partial charge in [-0.05, 0) is 54.6 Å². The Kier molecular flexibility index (Phi) is 5.26. The molecule has 0 aliphatic rings. The van der Waals surface area contributed by atoms with E-state index < -0.39 is 0 Å². The molecule has 1 aromatic heterocycles. The van der Waals surface area contributed by atoms with Crippen molar-refractivity contribution in [1.29, 1.82) is 0 Å². The van der Waals surface area contributed by atoms with Gasteiger partial charge in [0.2, 0.25) is 5.91 Å². The average molecular weight is 392 g/mol. The molecule has 0 unspecified atom stereocenters. The van der Waals surface area contributed by atoms with Gasteiger partial charge in [-0.25, -0.2) is 0 Å². The van der Waals surface area contributed by atoms with Crippen LogP contribution in [-0.2, 0) is 11.3 Å². The number of aryl methyl sites for hydroxylation is 1. The summed E-state index contributed by atoms with van der Waals surface area (Å²) in [7, 11) is 0. The molecule has 0 atom stereocenters. The zero-order valence-corrected chi connectivity index (χ0v) is 15.8. The highest BCUT2D eigenvalue weighted by Crippen LogP contribution is 2.23. The molecule has 0 radical (unpaired) electrons. The van der Waals surface area contributed by atoms with Gasteiger partial charge in [0, 0.05) is 22.5 Å². The summed E-state index contributed by atoms with van der Waals surface area (Å²) < 4.78 is 7.56. The Bertz CT molecular complexity index is 1090. The Balaban J connectivity index is 1.33. The van der Waals surface area contributed by atoms with Crippen LogP contribution in [-0.4, -0.2) is 15.7 Å². The highest BCUT2D eigenvalue weighted by atomic mass is 35.5. The van der Waals surface area contributed by atoms with E-state index in [1.54, 1.807) is 6.20 Å². The smallest absolute Gasteiger partial charge is 0.226 e. The average Bonchev–Trinajstić information content (AvgIpc) is 3.11. The van der Waals surface area contributed by atoms with E-state index in [4.69, 9.17) is 16.3 Å². The molecule has 0 saturated carbocycles. The van der Waals surface area contributed by atoms with Crippen LogP contribution in [0.2, 0.25) is 5.02 Å². The van der Waals surface area contributed by atoms with Gasteiger partial charge in [0.05, 0.1) is 18.3 Å². The van der Waals surface area contributed by atoms with Gasteiger partial charge >= 0.3 is 0 Å². The van der Waals surface area contributed by atoms with E-state index in [1.165, 1.54) is 0 Å². The zero-order valence-electron chi connectivity index (χ0n) is 15.0. The summed E-state index contributed by atoms with van der Waals surface area (Å²) in [6.07, 6.45) is 2.08. The maximum Gasteiger partial charge on any atom is 0.226 e. The van der Waals surface area contributed by atoms with Crippen LogP contribution >= 0.6 is 11.6 Å². The second kappa shape index (κ2) is 8.15. The van der Waals surface area contributed by atoms with Crippen LogP contribution in [0, 0.1) is 0 Å². The lowest BCUT2D eigenvalue weighted by atomic mass is 10.2. The number of benzene rings is 3. The number of carbonyl (C=O) groups excluding carboxylic acids is 1. The second-order valence-electron chi connectivity index (χ2n) is 6.31. The molecule has 1 heterocycles. The quantitative estimate of drug-likeness (QED) is 0.471. The van der Waals surface area contributed by atoms with Crippen molar-refractivity contribution in [1.82, 2.24) is 9.78 Å². The molecule has 0 spiro atoms. The number of nitrogens with zero attached hydrogens (tertiary/aromatic N) is 2. The molecule has 140 valence electrons. The van der Waals surface area contributed by atoms with Crippen LogP contribution in [0.1, 0.15) is 6.42 Å². The fourth-order valence-electron chi connectivity index (χ4n) is 2.90. The van der Waals surface area contributed by atoms with Crippen LogP contribution in [0.3, 0.4) is 0 Å². The first-order chi connectivity index (χ1) is 13.7. The van der Waals surface area contributed by atoms with Gasteiger partial charge in [0.15, 0.2) is 0 Å². The molecule has 0 aliphatic carbocycles. The first-order valence-electron chi connectivity index (χ1n) is 8.91. The number of rotatable bonds is 6. The van der Waals surface area contributed by atoms with E-state index in [9.17, 15) is 4.79 Å². The molecule has 0 fully saturated rings. The molecule has 0 aliphatic heterocycles. The first-order valence-corrected chi connectivity index (χ1v) is 9.29. The predicted octanol–water partition coefficient (Wildman–Crippen LogP) is 5.51. The molecule has 4 aromatic rings. The summed E-state index contributed by atoms with van der Waals surface area (Å²) >= 11 is 5.99. The molecule has 6 heteroatoms. The van der Waals surface area contributed by atoms with E-state index in [1.807, 2.05) is 77.5 Å². The van der Waals surface area contributed by atoms with Gasteiger partial charge in [-0.3, -0.25) is 9.48 Å². The predicted molar refractivity (Wildman–Crippen MR) is 111 cm³/mol. The topological polar surface area (TPSA) is 56.2 Å². The van der Waals surface area contributed by atoms with Crippen LogP contribution in [0.4, 0.5) is 5.69 Å².